The van der Waals surface area contributed by atoms with Gasteiger partial charge in [0.1, 0.15) is 0 Å². The number of carbonyl (C=O) groups is 1. The summed E-state index contributed by atoms with van der Waals surface area (Å²) in [4.78, 5) is 13.6. The van der Waals surface area contributed by atoms with E-state index in [9.17, 15) is 4.79 Å². The Labute approximate surface area is 103 Å². The molecule has 0 radical (unpaired) electrons. The first-order valence-corrected chi connectivity index (χ1v) is 5.86. The van der Waals surface area contributed by atoms with Gasteiger partial charge in [0.2, 0.25) is 5.91 Å². The van der Waals surface area contributed by atoms with Crippen LogP contribution in [0.3, 0.4) is 0 Å². The number of nitrogens with zero attached hydrogens (tertiary/aromatic N) is 3. The Morgan fingerprint density at radius 3 is 2.12 bits per heavy atom. The van der Waals surface area contributed by atoms with Crippen molar-refractivity contribution in [3.05, 3.63) is 0 Å². The van der Waals surface area contributed by atoms with Gasteiger partial charge in [0.15, 0.2) is 0 Å². The van der Waals surface area contributed by atoms with Crippen LogP contribution in [0.15, 0.2) is 0 Å². The normalized spacial score (nSPS) is 13.2. The number of rotatable bonds is 7. The highest BCUT2D eigenvalue weighted by Gasteiger charge is 2.24. The highest BCUT2D eigenvalue weighted by molar-refractivity contribution is 5.82. The van der Waals surface area contributed by atoms with Crippen LogP contribution in [0.2, 0.25) is 0 Å². The van der Waals surface area contributed by atoms with Crippen LogP contribution in [0.5, 0.6) is 0 Å². The maximum absolute atomic E-state index is 12.0. The molecule has 0 saturated heterocycles. The summed E-state index contributed by atoms with van der Waals surface area (Å²) in [7, 11) is 0. The fourth-order valence-corrected chi connectivity index (χ4v) is 1.41. The molecule has 0 aromatic heterocycles. The zero-order chi connectivity index (χ0) is 13.3. The molecule has 2 N–H and O–H groups in total. The van der Waals surface area contributed by atoms with Crippen molar-refractivity contribution in [3.8, 4) is 12.1 Å². The van der Waals surface area contributed by atoms with Crippen molar-refractivity contribution < 1.29 is 4.79 Å². The molecule has 0 aromatic carbocycles. The van der Waals surface area contributed by atoms with Crippen molar-refractivity contribution >= 4 is 5.91 Å². The topological polar surface area (TPSA) is 93.9 Å². The molecule has 1 amide bonds. The van der Waals surface area contributed by atoms with Crippen LogP contribution in [-0.2, 0) is 4.79 Å². The second-order valence-electron chi connectivity index (χ2n) is 4.05. The Hall–Kier alpha value is -1.59. The Balaban J connectivity index is 4.51. The van der Waals surface area contributed by atoms with E-state index in [1.165, 1.54) is 4.90 Å². The summed E-state index contributed by atoms with van der Waals surface area (Å²) in [6.45, 7) is 4.60. The molecule has 0 aromatic rings. The van der Waals surface area contributed by atoms with Gasteiger partial charge in [-0.1, -0.05) is 20.3 Å². The summed E-state index contributed by atoms with van der Waals surface area (Å²) < 4.78 is 0. The monoisotopic (exact) mass is 236 g/mol. The van der Waals surface area contributed by atoms with Crippen molar-refractivity contribution in [2.75, 3.05) is 13.1 Å². The average molecular weight is 236 g/mol. The van der Waals surface area contributed by atoms with Gasteiger partial charge < -0.3 is 10.6 Å². The lowest BCUT2D eigenvalue weighted by molar-refractivity contribution is -0.133. The fourth-order valence-electron chi connectivity index (χ4n) is 1.41. The molecule has 0 aliphatic carbocycles. The third-order valence-corrected chi connectivity index (χ3v) is 2.84. The van der Waals surface area contributed by atoms with Gasteiger partial charge in [-0.2, -0.15) is 10.5 Å². The summed E-state index contributed by atoms with van der Waals surface area (Å²) in [6, 6.07) is 3.44. The van der Waals surface area contributed by atoms with Gasteiger partial charge in [-0.3, -0.25) is 4.79 Å². The molecule has 0 spiro atoms. The first-order valence-electron chi connectivity index (χ1n) is 5.86. The molecule has 94 valence electrons. The third-order valence-electron chi connectivity index (χ3n) is 2.84. The second kappa shape index (κ2) is 8.55. The van der Waals surface area contributed by atoms with Gasteiger partial charge in [0.25, 0.3) is 0 Å². The molecule has 0 saturated carbocycles. The lowest BCUT2D eigenvalue weighted by Crippen LogP contribution is -2.47. The predicted molar refractivity (Wildman–Crippen MR) is 64.5 cm³/mol. The number of carbonyl (C=O) groups excluding carboxylic acids is 1. The molecule has 0 heterocycles. The second-order valence-corrected chi connectivity index (χ2v) is 4.05. The molecule has 0 bridgehead atoms. The standard InChI is InChI=1S/C12H20N4O/c1-3-10(2)11(15)12(17)16(8-4-6-13)9-5-7-14/h10-11H,3-5,8-9,15H2,1-2H3/t10-,11-/m0/s1. The van der Waals surface area contributed by atoms with Crippen LogP contribution in [0.4, 0.5) is 0 Å². The summed E-state index contributed by atoms with van der Waals surface area (Å²) in [5.41, 5.74) is 5.86. The van der Waals surface area contributed by atoms with Crippen molar-refractivity contribution in [1.29, 1.82) is 10.5 Å². The number of nitriles is 2. The Kier molecular flexibility index (Phi) is 7.75. The lowest BCUT2D eigenvalue weighted by atomic mass is 9.99. The largest absolute Gasteiger partial charge is 0.339 e. The third kappa shape index (κ3) is 5.33. The number of nitrogens with two attached hydrogens (primary N) is 1. The van der Waals surface area contributed by atoms with E-state index in [2.05, 4.69) is 0 Å². The minimum absolute atomic E-state index is 0.106. The van der Waals surface area contributed by atoms with Crippen molar-refractivity contribution in [2.24, 2.45) is 11.7 Å². The van der Waals surface area contributed by atoms with Crippen LogP contribution < -0.4 is 5.73 Å². The fraction of sp³-hybridized carbons (Fsp3) is 0.750. The van der Waals surface area contributed by atoms with E-state index in [1.54, 1.807) is 0 Å². The van der Waals surface area contributed by atoms with E-state index in [0.717, 1.165) is 6.42 Å². The molecule has 0 aliphatic heterocycles. The molecule has 0 fully saturated rings. The van der Waals surface area contributed by atoms with Crippen molar-refractivity contribution in [2.45, 2.75) is 39.2 Å². The first kappa shape index (κ1) is 15.4. The molecular formula is C12H20N4O. The van der Waals surface area contributed by atoms with Crippen LogP contribution in [0, 0.1) is 28.6 Å². The van der Waals surface area contributed by atoms with Crippen LogP contribution in [0.25, 0.3) is 0 Å². The molecule has 0 unspecified atom stereocenters. The van der Waals surface area contributed by atoms with Crippen molar-refractivity contribution in [3.63, 3.8) is 0 Å². The zero-order valence-electron chi connectivity index (χ0n) is 10.5. The molecule has 17 heavy (non-hydrogen) atoms. The summed E-state index contributed by atoms with van der Waals surface area (Å²) in [5, 5.41) is 17.1. The van der Waals surface area contributed by atoms with Gasteiger partial charge in [0.05, 0.1) is 31.0 Å². The minimum atomic E-state index is -0.544. The van der Waals surface area contributed by atoms with Gasteiger partial charge in [0, 0.05) is 13.1 Å². The van der Waals surface area contributed by atoms with Crippen LogP contribution >= 0.6 is 0 Å². The number of hydrogen-bond acceptors (Lipinski definition) is 4. The first-order chi connectivity index (χ1) is 8.08. The number of hydrogen-bond donors (Lipinski definition) is 1. The highest BCUT2D eigenvalue weighted by atomic mass is 16.2. The lowest BCUT2D eigenvalue weighted by Gasteiger charge is -2.26. The van der Waals surface area contributed by atoms with E-state index in [1.807, 2.05) is 26.0 Å². The molecule has 2 atom stereocenters. The van der Waals surface area contributed by atoms with Gasteiger partial charge in [-0.05, 0) is 5.92 Å². The molecule has 0 rings (SSSR count). The summed E-state index contributed by atoms with van der Waals surface area (Å²) in [6.07, 6.45) is 1.37. The van der Waals surface area contributed by atoms with Crippen molar-refractivity contribution in [1.82, 2.24) is 4.90 Å². The van der Waals surface area contributed by atoms with E-state index < -0.39 is 6.04 Å². The zero-order valence-corrected chi connectivity index (χ0v) is 10.5. The predicted octanol–water partition coefficient (Wildman–Crippen LogP) is 1.02. The number of amides is 1. The van der Waals surface area contributed by atoms with Gasteiger partial charge in [-0.25, -0.2) is 0 Å². The Morgan fingerprint density at radius 2 is 1.76 bits per heavy atom. The molecule has 0 aliphatic rings. The molecule has 5 heteroatoms. The van der Waals surface area contributed by atoms with E-state index in [4.69, 9.17) is 16.3 Å². The quantitative estimate of drug-likeness (QED) is 0.714. The van der Waals surface area contributed by atoms with Crippen LogP contribution in [-0.4, -0.2) is 29.9 Å². The maximum atomic E-state index is 12.0. The SMILES string of the molecule is CC[C@H](C)[C@H](N)C(=O)N(CCC#N)CCC#N. The summed E-state index contributed by atoms with van der Waals surface area (Å²) in [5.74, 6) is -0.0565. The van der Waals surface area contributed by atoms with E-state index in [-0.39, 0.29) is 24.7 Å². The van der Waals surface area contributed by atoms with Crippen LogP contribution in [0.1, 0.15) is 33.1 Å². The van der Waals surface area contributed by atoms with Gasteiger partial charge in [-0.15, -0.1) is 0 Å². The minimum Gasteiger partial charge on any atom is -0.339 e. The van der Waals surface area contributed by atoms with E-state index in [0.29, 0.717) is 13.1 Å². The Bertz CT molecular complexity index is 297. The average Bonchev–Trinajstić information content (AvgIpc) is 2.36. The molecule has 5 nitrogen and oxygen atoms in total. The maximum Gasteiger partial charge on any atom is 0.239 e. The highest BCUT2D eigenvalue weighted by Crippen LogP contribution is 2.09. The smallest absolute Gasteiger partial charge is 0.239 e. The summed E-state index contributed by atoms with van der Waals surface area (Å²) >= 11 is 0. The Morgan fingerprint density at radius 1 is 1.29 bits per heavy atom. The van der Waals surface area contributed by atoms with E-state index >= 15 is 0 Å². The molecular weight excluding hydrogens is 216 g/mol. The van der Waals surface area contributed by atoms with Gasteiger partial charge >= 0.3 is 0 Å².